The maximum atomic E-state index is 11.1. The summed E-state index contributed by atoms with van der Waals surface area (Å²) in [5.41, 5.74) is 5.52. The molecule has 0 bridgehead atoms. The van der Waals surface area contributed by atoms with Crippen molar-refractivity contribution in [1.29, 1.82) is 0 Å². The van der Waals surface area contributed by atoms with Crippen molar-refractivity contribution in [3.05, 3.63) is 12.3 Å². The first-order chi connectivity index (χ1) is 6.75. The second-order valence-corrected chi connectivity index (χ2v) is 3.05. The molecule has 2 heterocycles. The van der Waals surface area contributed by atoms with Crippen LogP contribution in [0, 0.1) is 0 Å². The fourth-order valence-electron chi connectivity index (χ4n) is 1.32. The molecule has 0 radical (unpaired) electrons. The lowest BCUT2D eigenvalue weighted by Gasteiger charge is -2.26. The largest absolute Gasteiger partial charge is 0.384 e. The van der Waals surface area contributed by atoms with Crippen molar-refractivity contribution in [2.24, 2.45) is 0 Å². The van der Waals surface area contributed by atoms with Crippen molar-refractivity contribution in [2.75, 3.05) is 30.3 Å². The third-order valence-electron chi connectivity index (χ3n) is 1.99. The Balaban J connectivity index is 2.17. The summed E-state index contributed by atoms with van der Waals surface area (Å²) >= 11 is 0. The normalized spacial score (nSPS) is 16.6. The van der Waals surface area contributed by atoms with E-state index < -0.39 is 0 Å². The molecule has 0 atom stereocenters. The Bertz CT molecular complexity index is 353. The highest BCUT2D eigenvalue weighted by Gasteiger charge is 2.18. The van der Waals surface area contributed by atoms with E-state index in [4.69, 9.17) is 5.73 Å². The molecule has 1 aliphatic heterocycles. The van der Waals surface area contributed by atoms with Crippen molar-refractivity contribution < 1.29 is 4.79 Å². The first kappa shape index (κ1) is 8.74. The Labute approximate surface area is 81.1 Å². The van der Waals surface area contributed by atoms with E-state index >= 15 is 0 Å². The van der Waals surface area contributed by atoms with Crippen LogP contribution in [-0.4, -0.2) is 35.5 Å². The van der Waals surface area contributed by atoms with Crippen LogP contribution in [0.4, 0.5) is 11.8 Å². The van der Waals surface area contributed by atoms with Crippen molar-refractivity contribution in [2.45, 2.75) is 0 Å². The number of nitrogens with one attached hydrogen (secondary N) is 1. The first-order valence-electron chi connectivity index (χ1n) is 4.36. The van der Waals surface area contributed by atoms with E-state index in [-0.39, 0.29) is 5.91 Å². The third-order valence-corrected chi connectivity index (χ3v) is 1.99. The van der Waals surface area contributed by atoms with Gasteiger partial charge in [0.15, 0.2) is 0 Å². The molecule has 3 N–H and O–H groups in total. The second-order valence-electron chi connectivity index (χ2n) is 3.05. The van der Waals surface area contributed by atoms with Crippen LogP contribution >= 0.6 is 0 Å². The highest BCUT2D eigenvalue weighted by molar-refractivity contribution is 5.81. The zero-order valence-electron chi connectivity index (χ0n) is 7.60. The van der Waals surface area contributed by atoms with Gasteiger partial charge in [-0.2, -0.15) is 4.98 Å². The van der Waals surface area contributed by atoms with E-state index in [1.54, 1.807) is 17.2 Å². The molecule has 1 aliphatic rings. The molecular formula is C8H11N5O. The number of carbonyl (C=O) groups excluding carboxylic acids is 1. The predicted molar refractivity (Wildman–Crippen MR) is 51.7 cm³/mol. The fraction of sp³-hybridized carbons (Fsp3) is 0.375. The van der Waals surface area contributed by atoms with Crippen molar-refractivity contribution in [3.8, 4) is 0 Å². The minimum atomic E-state index is -0.0118. The minimum absolute atomic E-state index is 0.0118. The molecule has 1 fully saturated rings. The molecular weight excluding hydrogens is 182 g/mol. The number of nitrogens with zero attached hydrogens (tertiary/aromatic N) is 3. The summed E-state index contributed by atoms with van der Waals surface area (Å²) in [5, 5.41) is 2.73. The number of hydrogen-bond donors (Lipinski definition) is 2. The van der Waals surface area contributed by atoms with Gasteiger partial charge in [-0.05, 0) is 6.07 Å². The number of carbonyl (C=O) groups is 1. The summed E-state index contributed by atoms with van der Waals surface area (Å²) < 4.78 is 0. The minimum Gasteiger partial charge on any atom is -0.384 e. The van der Waals surface area contributed by atoms with E-state index in [1.807, 2.05) is 0 Å². The Hall–Kier alpha value is -1.85. The molecule has 1 aromatic heterocycles. The summed E-state index contributed by atoms with van der Waals surface area (Å²) in [4.78, 5) is 21.0. The van der Waals surface area contributed by atoms with Gasteiger partial charge in [0.25, 0.3) is 0 Å². The van der Waals surface area contributed by atoms with Crippen LogP contribution in [0.3, 0.4) is 0 Å². The van der Waals surface area contributed by atoms with Crippen molar-refractivity contribution in [1.82, 2.24) is 15.3 Å². The molecule has 6 heteroatoms. The third kappa shape index (κ3) is 1.73. The van der Waals surface area contributed by atoms with E-state index in [1.165, 1.54) is 0 Å². The highest BCUT2D eigenvalue weighted by Crippen LogP contribution is 2.08. The van der Waals surface area contributed by atoms with Gasteiger partial charge >= 0.3 is 0 Å². The number of piperazine rings is 1. The summed E-state index contributed by atoms with van der Waals surface area (Å²) in [6, 6.07) is 1.62. The van der Waals surface area contributed by atoms with Gasteiger partial charge in [0, 0.05) is 19.3 Å². The molecule has 6 nitrogen and oxygen atoms in total. The quantitative estimate of drug-likeness (QED) is 0.597. The van der Waals surface area contributed by atoms with E-state index in [2.05, 4.69) is 15.3 Å². The molecule has 1 aromatic rings. The van der Waals surface area contributed by atoms with Gasteiger partial charge in [-0.3, -0.25) is 4.79 Å². The number of hydrogen-bond acceptors (Lipinski definition) is 5. The average molecular weight is 193 g/mol. The van der Waals surface area contributed by atoms with Crippen LogP contribution in [-0.2, 0) is 4.79 Å². The lowest BCUT2D eigenvalue weighted by molar-refractivity contribution is -0.120. The van der Waals surface area contributed by atoms with Gasteiger partial charge in [0.2, 0.25) is 11.9 Å². The fourth-order valence-corrected chi connectivity index (χ4v) is 1.32. The lowest BCUT2D eigenvalue weighted by Crippen LogP contribution is -2.48. The van der Waals surface area contributed by atoms with Crippen LogP contribution in [0.5, 0.6) is 0 Å². The van der Waals surface area contributed by atoms with Crippen LogP contribution in [0.25, 0.3) is 0 Å². The summed E-state index contributed by atoms with van der Waals surface area (Å²) in [6.07, 6.45) is 1.59. The first-order valence-corrected chi connectivity index (χ1v) is 4.36. The molecule has 0 saturated carbocycles. The van der Waals surface area contributed by atoms with E-state index in [0.717, 1.165) is 6.54 Å². The molecule has 0 unspecified atom stereocenters. The number of rotatable bonds is 1. The molecule has 1 saturated heterocycles. The van der Waals surface area contributed by atoms with Gasteiger partial charge in [-0.25, -0.2) is 4.98 Å². The number of aromatic nitrogens is 2. The molecule has 1 amide bonds. The van der Waals surface area contributed by atoms with Gasteiger partial charge in [0.1, 0.15) is 5.82 Å². The standard InChI is InChI=1S/C8H11N5O/c9-6-1-2-11-8(12-6)13-4-3-10-7(14)5-13/h1-2H,3-5H2,(H,10,14)(H2,9,11,12). The molecule has 0 aromatic carbocycles. The Morgan fingerprint density at radius 1 is 1.57 bits per heavy atom. The Kier molecular flexibility index (Phi) is 2.18. The van der Waals surface area contributed by atoms with Gasteiger partial charge < -0.3 is 16.0 Å². The van der Waals surface area contributed by atoms with Gasteiger partial charge in [0.05, 0.1) is 6.54 Å². The predicted octanol–water partition coefficient (Wildman–Crippen LogP) is -1.01. The number of nitrogens with two attached hydrogens (primary N) is 1. The maximum absolute atomic E-state index is 11.1. The van der Waals surface area contributed by atoms with Crippen LogP contribution in [0.15, 0.2) is 12.3 Å². The molecule has 14 heavy (non-hydrogen) atoms. The van der Waals surface area contributed by atoms with Crippen molar-refractivity contribution >= 4 is 17.7 Å². The molecule has 0 aliphatic carbocycles. The van der Waals surface area contributed by atoms with Gasteiger partial charge in [-0.1, -0.05) is 0 Å². The number of amides is 1. The maximum Gasteiger partial charge on any atom is 0.239 e. The van der Waals surface area contributed by atoms with Crippen LogP contribution < -0.4 is 16.0 Å². The topological polar surface area (TPSA) is 84.1 Å². The summed E-state index contributed by atoms with van der Waals surface area (Å²) in [7, 11) is 0. The van der Waals surface area contributed by atoms with E-state index in [9.17, 15) is 4.79 Å². The highest BCUT2D eigenvalue weighted by atomic mass is 16.2. The van der Waals surface area contributed by atoms with Crippen molar-refractivity contribution in [3.63, 3.8) is 0 Å². The zero-order valence-corrected chi connectivity index (χ0v) is 7.60. The van der Waals surface area contributed by atoms with Crippen LogP contribution in [0.2, 0.25) is 0 Å². The molecule has 0 spiro atoms. The Morgan fingerprint density at radius 2 is 2.43 bits per heavy atom. The SMILES string of the molecule is Nc1ccnc(N2CCNC(=O)C2)n1. The number of anilines is 2. The molecule has 74 valence electrons. The second kappa shape index (κ2) is 3.49. The smallest absolute Gasteiger partial charge is 0.239 e. The average Bonchev–Trinajstić information content (AvgIpc) is 2.18. The van der Waals surface area contributed by atoms with E-state index in [0.29, 0.717) is 24.9 Å². The van der Waals surface area contributed by atoms with Gasteiger partial charge in [-0.15, -0.1) is 0 Å². The van der Waals surface area contributed by atoms with Crippen LogP contribution in [0.1, 0.15) is 0 Å². The Morgan fingerprint density at radius 3 is 3.14 bits per heavy atom. The number of nitrogen functional groups attached to an aromatic ring is 1. The summed E-state index contributed by atoms with van der Waals surface area (Å²) in [6.45, 7) is 1.63. The summed E-state index contributed by atoms with van der Waals surface area (Å²) in [5.74, 6) is 0.920. The lowest BCUT2D eigenvalue weighted by atomic mass is 10.4. The monoisotopic (exact) mass is 193 g/mol. The zero-order chi connectivity index (χ0) is 9.97. The molecule has 2 rings (SSSR count).